The maximum absolute atomic E-state index is 12.5. The highest BCUT2D eigenvalue weighted by Gasteiger charge is 2.29. The van der Waals surface area contributed by atoms with Crippen LogP contribution >= 0.6 is 0 Å². The van der Waals surface area contributed by atoms with Gasteiger partial charge < -0.3 is 5.11 Å². The number of unbranched alkanes of at least 4 members (excludes halogenated alkanes) is 1. The molecule has 0 aromatic heterocycles. The Morgan fingerprint density at radius 3 is 1.86 bits per heavy atom. The molecule has 0 aliphatic heterocycles. The van der Waals surface area contributed by atoms with Gasteiger partial charge in [0, 0.05) is 0 Å². The molecule has 0 amide bonds. The van der Waals surface area contributed by atoms with E-state index in [4.69, 9.17) is 0 Å². The SMILES string of the molecule is CCCC[C@@H](O)c1ccc(-c2ccc(C(F)(F)F)cc2)cc1. The second-order valence-electron chi connectivity index (χ2n) is 5.36. The summed E-state index contributed by atoms with van der Waals surface area (Å²) >= 11 is 0. The summed E-state index contributed by atoms with van der Waals surface area (Å²) in [5, 5.41) is 10.0. The number of halogens is 3. The Morgan fingerprint density at radius 1 is 0.909 bits per heavy atom. The second kappa shape index (κ2) is 6.97. The van der Waals surface area contributed by atoms with Crippen LogP contribution in [0.2, 0.25) is 0 Å². The molecule has 2 aromatic carbocycles. The maximum Gasteiger partial charge on any atom is 0.416 e. The van der Waals surface area contributed by atoms with Crippen molar-refractivity contribution in [2.75, 3.05) is 0 Å². The molecule has 118 valence electrons. The van der Waals surface area contributed by atoms with Crippen molar-refractivity contribution in [3.63, 3.8) is 0 Å². The van der Waals surface area contributed by atoms with Gasteiger partial charge in [0.05, 0.1) is 11.7 Å². The molecule has 0 saturated heterocycles. The fourth-order valence-electron chi connectivity index (χ4n) is 2.31. The molecule has 0 radical (unpaired) electrons. The Labute approximate surface area is 128 Å². The van der Waals surface area contributed by atoms with Gasteiger partial charge >= 0.3 is 6.18 Å². The van der Waals surface area contributed by atoms with Crippen LogP contribution in [0.25, 0.3) is 11.1 Å². The molecule has 0 unspecified atom stereocenters. The summed E-state index contributed by atoms with van der Waals surface area (Å²) in [6.07, 6.45) is -2.09. The molecule has 1 nitrogen and oxygen atoms in total. The van der Waals surface area contributed by atoms with E-state index in [-0.39, 0.29) is 0 Å². The van der Waals surface area contributed by atoms with Gasteiger partial charge in [-0.3, -0.25) is 0 Å². The van der Waals surface area contributed by atoms with Gasteiger partial charge in [0.2, 0.25) is 0 Å². The summed E-state index contributed by atoms with van der Waals surface area (Å²) in [4.78, 5) is 0. The molecule has 0 bridgehead atoms. The van der Waals surface area contributed by atoms with Gasteiger partial charge in [-0.1, -0.05) is 56.2 Å². The van der Waals surface area contributed by atoms with Gasteiger partial charge in [-0.05, 0) is 35.2 Å². The highest BCUT2D eigenvalue weighted by atomic mass is 19.4. The number of alkyl halides is 3. The third-order valence-corrected chi connectivity index (χ3v) is 3.67. The number of aliphatic hydroxyl groups excluding tert-OH is 1. The number of benzene rings is 2. The molecular formula is C18H19F3O. The Hall–Kier alpha value is -1.81. The van der Waals surface area contributed by atoms with Gasteiger partial charge in [0.25, 0.3) is 0 Å². The molecule has 0 fully saturated rings. The number of hydrogen-bond donors (Lipinski definition) is 1. The van der Waals surface area contributed by atoms with Crippen LogP contribution < -0.4 is 0 Å². The van der Waals surface area contributed by atoms with Gasteiger partial charge in [-0.25, -0.2) is 0 Å². The Kier molecular flexibility index (Phi) is 5.24. The Balaban J connectivity index is 2.13. The van der Waals surface area contributed by atoms with Gasteiger partial charge in [-0.15, -0.1) is 0 Å². The van der Waals surface area contributed by atoms with E-state index < -0.39 is 17.8 Å². The van der Waals surface area contributed by atoms with Crippen molar-refractivity contribution in [3.05, 3.63) is 59.7 Å². The minimum atomic E-state index is -4.31. The molecule has 0 aliphatic rings. The van der Waals surface area contributed by atoms with Crippen LogP contribution in [0.4, 0.5) is 13.2 Å². The van der Waals surface area contributed by atoms with Crippen molar-refractivity contribution in [2.45, 2.75) is 38.5 Å². The van der Waals surface area contributed by atoms with E-state index >= 15 is 0 Å². The topological polar surface area (TPSA) is 20.2 Å². The van der Waals surface area contributed by atoms with Gasteiger partial charge in [0.1, 0.15) is 0 Å². The minimum absolute atomic E-state index is 0.485. The zero-order chi connectivity index (χ0) is 16.2. The van der Waals surface area contributed by atoms with Crippen LogP contribution in [0.5, 0.6) is 0 Å². The van der Waals surface area contributed by atoms with Gasteiger partial charge in [-0.2, -0.15) is 13.2 Å². The smallest absolute Gasteiger partial charge is 0.388 e. The normalized spacial score (nSPS) is 13.1. The lowest BCUT2D eigenvalue weighted by Gasteiger charge is -2.12. The van der Waals surface area contributed by atoms with E-state index in [9.17, 15) is 18.3 Å². The fraction of sp³-hybridized carbons (Fsp3) is 0.333. The van der Waals surface area contributed by atoms with Crippen LogP contribution in [0.1, 0.15) is 43.4 Å². The van der Waals surface area contributed by atoms with Crippen LogP contribution in [-0.2, 0) is 6.18 Å². The predicted molar refractivity (Wildman–Crippen MR) is 81.4 cm³/mol. The first-order chi connectivity index (χ1) is 10.4. The van der Waals surface area contributed by atoms with Crippen molar-refractivity contribution in [2.24, 2.45) is 0 Å². The van der Waals surface area contributed by atoms with E-state index in [1.165, 1.54) is 12.1 Å². The number of aliphatic hydroxyl groups is 1. The highest BCUT2D eigenvalue weighted by Crippen LogP contribution is 2.31. The Bertz CT molecular complexity index is 585. The average molecular weight is 308 g/mol. The molecule has 0 spiro atoms. The highest BCUT2D eigenvalue weighted by molar-refractivity contribution is 5.64. The van der Waals surface area contributed by atoms with Crippen LogP contribution in [0.15, 0.2) is 48.5 Å². The molecule has 22 heavy (non-hydrogen) atoms. The summed E-state index contributed by atoms with van der Waals surface area (Å²) in [6, 6.07) is 12.4. The van der Waals surface area contributed by atoms with Crippen LogP contribution in [0.3, 0.4) is 0 Å². The molecule has 1 atom stereocenters. The third kappa shape index (κ3) is 4.10. The standard InChI is InChI=1S/C18H19F3O/c1-2-3-4-17(22)15-7-5-13(6-8-15)14-9-11-16(12-10-14)18(19,20)21/h5-12,17,22H,2-4H2,1H3/t17-/m1/s1. The summed E-state index contributed by atoms with van der Waals surface area (Å²) < 4.78 is 37.6. The minimum Gasteiger partial charge on any atom is -0.388 e. The van der Waals surface area contributed by atoms with E-state index in [1.807, 2.05) is 24.3 Å². The summed E-state index contributed by atoms with van der Waals surface area (Å²) in [6.45, 7) is 2.07. The second-order valence-corrected chi connectivity index (χ2v) is 5.36. The molecule has 1 N–H and O–H groups in total. The molecule has 0 aliphatic carbocycles. The molecule has 2 aromatic rings. The largest absolute Gasteiger partial charge is 0.416 e. The van der Waals surface area contributed by atoms with E-state index in [0.29, 0.717) is 0 Å². The van der Waals surface area contributed by atoms with Crippen molar-refractivity contribution in [3.8, 4) is 11.1 Å². The monoisotopic (exact) mass is 308 g/mol. The number of hydrogen-bond acceptors (Lipinski definition) is 1. The summed E-state index contributed by atoms with van der Waals surface area (Å²) in [7, 11) is 0. The van der Waals surface area contributed by atoms with E-state index in [0.717, 1.165) is 48.1 Å². The fourth-order valence-corrected chi connectivity index (χ4v) is 2.31. The van der Waals surface area contributed by atoms with Crippen LogP contribution in [-0.4, -0.2) is 5.11 Å². The van der Waals surface area contributed by atoms with Crippen molar-refractivity contribution in [1.29, 1.82) is 0 Å². The molecule has 0 heterocycles. The first-order valence-electron chi connectivity index (χ1n) is 7.37. The predicted octanol–water partition coefficient (Wildman–Crippen LogP) is 5.60. The van der Waals surface area contributed by atoms with Gasteiger partial charge in [0.15, 0.2) is 0 Å². The summed E-state index contributed by atoms with van der Waals surface area (Å²) in [5.74, 6) is 0. The lowest BCUT2D eigenvalue weighted by Crippen LogP contribution is -2.04. The van der Waals surface area contributed by atoms with E-state index in [1.54, 1.807) is 0 Å². The lowest BCUT2D eigenvalue weighted by atomic mass is 9.99. The number of rotatable bonds is 5. The first-order valence-corrected chi connectivity index (χ1v) is 7.37. The lowest BCUT2D eigenvalue weighted by molar-refractivity contribution is -0.137. The maximum atomic E-state index is 12.5. The molecule has 0 saturated carbocycles. The summed E-state index contributed by atoms with van der Waals surface area (Å²) in [5.41, 5.74) is 1.75. The van der Waals surface area contributed by atoms with Crippen molar-refractivity contribution >= 4 is 0 Å². The molecule has 4 heteroatoms. The third-order valence-electron chi connectivity index (χ3n) is 3.67. The average Bonchev–Trinajstić information content (AvgIpc) is 2.52. The van der Waals surface area contributed by atoms with E-state index in [2.05, 4.69) is 6.92 Å². The van der Waals surface area contributed by atoms with Crippen molar-refractivity contribution < 1.29 is 18.3 Å². The quantitative estimate of drug-likeness (QED) is 0.762. The van der Waals surface area contributed by atoms with Crippen molar-refractivity contribution in [1.82, 2.24) is 0 Å². The zero-order valence-electron chi connectivity index (χ0n) is 12.4. The first kappa shape index (κ1) is 16.6. The Morgan fingerprint density at radius 2 is 1.41 bits per heavy atom. The zero-order valence-corrected chi connectivity index (χ0v) is 12.4. The molecule has 2 rings (SSSR count). The molecular weight excluding hydrogens is 289 g/mol. The van der Waals surface area contributed by atoms with Crippen LogP contribution in [0, 0.1) is 0 Å².